The number of rotatable bonds is 10. The molecule has 0 aliphatic heterocycles. The van der Waals surface area contributed by atoms with Crippen molar-refractivity contribution in [3.05, 3.63) is 93.3 Å². The molecule has 0 fully saturated rings. The van der Waals surface area contributed by atoms with E-state index in [9.17, 15) is 9.59 Å². The fourth-order valence-electron chi connectivity index (χ4n) is 3.20. The normalized spacial score (nSPS) is 10.8. The zero-order valence-electron chi connectivity index (χ0n) is 20.1. The largest absolute Gasteiger partial charge is 0.480 e. The Balaban J connectivity index is 1.30. The molecule has 0 unspecified atom stereocenters. The van der Waals surface area contributed by atoms with E-state index in [1.54, 1.807) is 37.3 Å². The zero-order chi connectivity index (χ0) is 26.9. The lowest BCUT2D eigenvalue weighted by Gasteiger charge is -2.08. The van der Waals surface area contributed by atoms with Crippen LogP contribution in [0.2, 0.25) is 10.0 Å². The Hall–Kier alpha value is -3.92. The maximum absolute atomic E-state index is 12.5. The van der Waals surface area contributed by atoms with Crippen molar-refractivity contribution < 1.29 is 19.1 Å². The van der Waals surface area contributed by atoms with E-state index in [4.69, 9.17) is 32.7 Å². The number of nitrogens with one attached hydrogen (secondary N) is 2. The molecule has 4 rings (SSSR count). The van der Waals surface area contributed by atoms with Crippen molar-refractivity contribution in [2.75, 3.05) is 18.5 Å². The summed E-state index contributed by atoms with van der Waals surface area (Å²) in [5, 5.41) is 10.9. The Kier molecular flexibility index (Phi) is 9.31. The third-order valence-corrected chi connectivity index (χ3v) is 6.33. The Morgan fingerprint density at radius 3 is 2.53 bits per heavy atom. The molecule has 0 aliphatic rings. The molecule has 194 valence electrons. The van der Waals surface area contributed by atoms with Gasteiger partial charge in [-0.3, -0.25) is 4.79 Å². The molecule has 1 amide bonds. The van der Waals surface area contributed by atoms with E-state index in [0.717, 1.165) is 22.1 Å². The van der Waals surface area contributed by atoms with E-state index >= 15 is 0 Å². The highest BCUT2D eigenvalue weighted by Crippen LogP contribution is 2.28. The zero-order valence-corrected chi connectivity index (χ0v) is 22.4. The standard InChI is InChI=1S/C27H22Cl2N4O4S/c1-2-36-25(34)15-37-24-12-3-17(13-22(24)29)14-30-33-26(35)19-6-4-18(5-7-19)23-16-38-27(32-23)31-21-10-8-20(28)9-11-21/h3-14,16H,2,15H2,1H3,(H,31,32)(H,33,35)/b30-14-. The van der Waals surface area contributed by atoms with Crippen molar-refractivity contribution in [1.82, 2.24) is 10.4 Å². The number of hydrogen-bond donors (Lipinski definition) is 2. The maximum atomic E-state index is 12.5. The van der Waals surface area contributed by atoms with Gasteiger partial charge in [0.1, 0.15) is 5.75 Å². The van der Waals surface area contributed by atoms with Gasteiger partial charge in [0.25, 0.3) is 5.91 Å². The number of hydrazone groups is 1. The number of amides is 1. The number of thiazole rings is 1. The number of halogens is 2. The molecule has 0 spiro atoms. The molecule has 0 radical (unpaired) electrons. The minimum atomic E-state index is -0.479. The third-order valence-electron chi connectivity index (χ3n) is 5.03. The van der Waals surface area contributed by atoms with Crippen LogP contribution in [-0.4, -0.2) is 36.3 Å². The van der Waals surface area contributed by atoms with Gasteiger partial charge in [0, 0.05) is 27.2 Å². The van der Waals surface area contributed by atoms with Crippen LogP contribution in [0.25, 0.3) is 11.3 Å². The smallest absolute Gasteiger partial charge is 0.344 e. The van der Waals surface area contributed by atoms with Crippen molar-refractivity contribution in [3.8, 4) is 17.0 Å². The van der Waals surface area contributed by atoms with E-state index in [0.29, 0.717) is 26.9 Å². The molecular formula is C27H22Cl2N4O4S. The number of aromatic nitrogens is 1. The first-order chi connectivity index (χ1) is 18.4. The van der Waals surface area contributed by atoms with Gasteiger partial charge in [-0.2, -0.15) is 5.10 Å². The molecular weight excluding hydrogens is 547 g/mol. The van der Waals surface area contributed by atoms with Crippen LogP contribution in [0.1, 0.15) is 22.8 Å². The lowest BCUT2D eigenvalue weighted by molar-refractivity contribution is -0.145. The van der Waals surface area contributed by atoms with E-state index in [-0.39, 0.29) is 19.1 Å². The minimum absolute atomic E-state index is 0.236. The van der Waals surface area contributed by atoms with E-state index in [2.05, 4.69) is 20.8 Å². The monoisotopic (exact) mass is 568 g/mol. The van der Waals surface area contributed by atoms with Crippen molar-refractivity contribution >= 4 is 63.4 Å². The molecule has 0 atom stereocenters. The Bertz CT molecular complexity index is 1440. The fraction of sp³-hybridized carbons (Fsp3) is 0.111. The number of carbonyl (C=O) groups excluding carboxylic acids is 2. The van der Waals surface area contributed by atoms with Gasteiger partial charge >= 0.3 is 5.97 Å². The fourth-order valence-corrected chi connectivity index (χ4v) is 4.31. The summed E-state index contributed by atoms with van der Waals surface area (Å²) in [5.41, 5.74) is 6.14. The molecule has 0 saturated carbocycles. The average molecular weight is 569 g/mol. The van der Waals surface area contributed by atoms with Crippen molar-refractivity contribution in [1.29, 1.82) is 0 Å². The molecule has 3 aromatic carbocycles. The number of carbonyl (C=O) groups is 2. The Morgan fingerprint density at radius 1 is 1.05 bits per heavy atom. The van der Waals surface area contributed by atoms with E-state index < -0.39 is 5.97 Å². The number of benzene rings is 3. The Labute approximate surface area is 233 Å². The molecule has 0 saturated heterocycles. The first-order valence-electron chi connectivity index (χ1n) is 11.4. The SMILES string of the molecule is CCOC(=O)COc1ccc(/C=N\NC(=O)c2ccc(-c3csc(Nc4ccc(Cl)cc4)n3)cc2)cc1Cl. The van der Waals surface area contributed by atoms with Crippen molar-refractivity contribution in [3.63, 3.8) is 0 Å². The first-order valence-corrected chi connectivity index (χ1v) is 13.0. The lowest BCUT2D eigenvalue weighted by Crippen LogP contribution is -2.17. The van der Waals surface area contributed by atoms with Crippen LogP contribution >= 0.6 is 34.5 Å². The quantitative estimate of drug-likeness (QED) is 0.127. The van der Waals surface area contributed by atoms with Crippen LogP contribution in [0.15, 0.2) is 77.2 Å². The molecule has 11 heteroatoms. The highest BCUT2D eigenvalue weighted by molar-refractivity contribution is 7.14. The van der Waals surface area contributed by atoms with Gasteiger partial charge in [0.2, 0.25) is 0 Å². The van der Waals surface area contributed by atoms with E-state index in [1.807, 2.05) is 41.8 Å². The van der Waals surface area contributed by atoms with Crippen LogP contribution < -0.4 is 15.5 Å². The molecule has 2 N–H and O–H groups in total. The average Bonchev–Trinajstić information content (AvgIpc) is 3.38. The third kappa shape index (κ3) is 7.55. The molecule has 1 aromatic heterocycles. The van der Waals surface area contributed by atoms with Crippen LogP contribution in [0, 0.1) is 0 Å². The number of nitrogens with zero attached hydrogens (tertiary/aromatic N) is 2. The topological polar surface area (TPSA) is 102 Å². The van der Waals surface area contributed by atoms with Crippen molar-refractivity contribution in [2.45, 2.75) is 6.92 Å². The second kappa shape index (κ2) is 13.0. The van der Waals surface area contributed by atoms with Crippen LogP contribution in [0.3, 0.4) is 0 Å². The summed E-state index contributed by atoms with van der Waals surface area (Å²) >= 11 is 13.6. The summed E-state index contributed by atoms with van der Waals surface area (Å²) in [6, 6.07) is 19.4. The molecule has 38 heavy (non-hydrogen) atoms. The van der Waals surface area contributed by atoms with E-state index in [1.165, 1.54) is 17.6 Å². The van der Waals surface area contributed by atoms with Gasteiger partial charge in [-0.15, -0.1) is 11.3 Å². The second-order valence-corrected chi connectivity index (χ2v) is 9.43. The molecule has 1 heterocycles. The highest BCUT2D eigenvalue weighted by Gasteiger charge is 2.09. The maximum Gasteiger partial charge on any atom is 0.344 e. The van der Waals surface area contributed by atoms with Crippen LogP contribution in [0.5, 0.6) is 5.75 Å². The summed E-state index contributed by atoms with van der Waals surface area (Å²) in [6.07, 6.45) is 1.46. The van der Waals surface area contributed by atoms with Gasteiger partial charge < -0.3 is 14.8 Å². The van der Waals surface area contributed by atoms with Crippen molar-refractivity contribution in [2.24, 2.45) is 5.10 Å². The van der Waals surface area contributed by atoms with Gasteiger partial charge in [-0.05, 0) is 67.1 Å². The summed E-state index contributed by atoms with van der Waals surface area (Å²) in [7, 11) is 0. The first kappa shape index (κ1) is 27.1. The van der Waals surface area contributed by atoms with Gasteiger partial charge in [0.15, 0.2) is 11.7 Å². The lowest BCUT2D eigenvalue weighted by atomic mass is 10.1. The highest BCUT2D eigenvalue weighted by atomic mass is 35.5. The van der Waals surface area contributed by atoms with Crippen LogP contribution in [0.4, 0.5) is 10.8 Å². The number of esters is 1. The number of ether oxygens (including phenoxy) is 2. The van der Waals surface area contributed by atoms with Gasteiger partial charge in [-0.25, -0.2) is 15.2 Å². The summed E-state index contributed by atoms with van der Waals surface area (Å²) in [5.74, 6) is -0.502. The Morgan fingerprint density at radius 2 is 1.82 bits per heavy atom. The number of hydrogen-bond acceptors (Lipinski definition) is 8. The predicted octanol–water partition coefficient (Wildman–Crippen LogP) is 6.57. The van der Waals surface area contributed by atoms with Gasteiger partial charge in [-0.1, -0.05) is 35.3 Å². The second-order valence-electron chi connectivity index (χ2n) is 7.73. The number of anilines is 2. The molecule has 4 aromatic rings. The predicted molar refractivity (Wildman–Crippen MR) is 151 cm³/mol. The summed E-state index contributed by atoms with van der Waals surface area (Å²) in [6.45, 7) is 1.75. The minimum Gasteiger partial charge on any atom is -0.480 e. The van der Waals surface area contributed by atoms with Gasteiger partial charge in [0.05, 0.1) is 23.5 Å². The van der Waals surface area contributed by atoms with Crippen LogP contribution in [-0.2, 0) is 9.53 Å². The molecule has 0 aliphatic carbocycles. The summed E-state index contributed by atoms with van der Waals surface area (Å²) < 4.78 is 10.2. The summed E-state index contributed by atoms with van der Waals surface area (Å²) in [4.78, 5) is 28.5. The molecule has 8 nitrogen and oxygen atoms in total. The molecule has 0 bridgehead atoms.